The lowest BCUT2D eigenvalue weighted by Gasteiger charge is -2.13. The quantitative estimate of drug-likeness (QED) is 0.705. The average Bonchev–Trinajstić information content (AvgIpc) is 2.39. The lowest BCUT2D eigenvalue weighted by Crippen LogP contribution is -2.19. The number of nitrogens with one attached hydrogen (secondary N) is 1. The molecule has 1 aromatic carbocycles. The van der Waals surface area contributed by atoms with Crippen LogP contribution >= 0.6 is 0 Å². The van der Waals surface area contributed by atoms with Gasteiger partial charge >= 0.3 is 0 Å². The standard InChI is InChI=1S/C18H29NO/c1-6-11-19-13-17(14(2)3)12-16-7-9-18(10-8-16)20-15(4)5/h7-10,12,14-15,19H,6,11,13H2,1-5H3. The first-order chi connectivity index (χ1) is 9.52. The molecule has 0 aliphatic heterocycles. The van der Waals surface area contributed by atoms with Crippen LogP contribution in [0.1, 0.15) is 46.6 Å². The SMILES string of the molecule is CCCNCC(=Cc1ccc(OC(C)C)cc1)C(C)C. The van der Waals surface area contributed by atoms with E-state index in [9.17, 15) is 0 Å². The summed E-state index contributed by atoms with van der Waals surface area (Å²) in [6.45, 7) is 12.8. The summed E-state index contributed by atoms with van der Waals surface area (Å²) in [5.41, 5.74) is 2.68. The molecule has 0 fully saturated rings. The van der Waals surface area contributed by atoms with E-state index >= 15 is 0 Å². The van der Waals surface area contributed by atoms with Crippen LogP contribution in [0, 0.1) is 5.92 Å². The van der Waals surface area contributed by atoms with Crippen LogP contribution < -0.4 is 10.1 Å². The monoisotopic (exact) mass is 275 g/mol. The molecule has 2 nitrogen and oxygen atoms in total. The third kappa shape index (κ3) is 6.25. The summed E-state index contributed by atoms with van der Waals surface area (Å²) in [4.78, 5) is 0. The van der Waals surface area contributed by atoms with E-state index in [4.69, 9.17) is 4.74 Å². The van der Waals surface area contributed by atoms with Crippen LogP contribution in [0.4, 0.5) is 0 Å². The van der Waals surface area contributed by atoms with Crippen LogP contribution in [0.25, 0.3) is 6.08 Å². The summed E-state index contributed by atoms with van der Waals surface area (Å²) in [6.07, 6.45) is 3.68. The van der Waals surface area contributed by atoms with Crippen LogP contribution in [-0.4, -0.2) is 19.2 Å². The van der Waals surface area contributed by atoms with Crippen molar-refractivity contribution in [3.63, 3.8) is 0 Å². The molecule has 0 bridgehead atoms. The molecule has 0 aromatic heterocycles. The molecule has 0 saturated heterocycles. The summed E-state index contributed by atoms with van der Waals surface area (Å²) in [7, 11) is 0. The third-order valence-electron chi connectivity index (χ3n) is 3.10. The second-order valence-corrected chi connectivity index (χ2v) is 5.79. The van der Waals surface area contributed by atoms with Crippen LogP contribution in [0.3, 0.4) is 0 Å². The third-order valence-corrected chi connectivity index (χ3v) is 3.10. The molecule has 1 rings (SSSR count). The van der Waals surface area contributed by atoms with Crippen molar-refractivity contribution in [2.45, 2.75) is 47.1 Å². The predicted molar refractivity (Wildman–Crippen MR) is 88.2 cm³/mol. The van der Waals surface area contributed by atoms with Gasteiger partial charge < -0.3 is 10.1 Å². The van der Waals surface area contributed by atoms with E-state index in [-0.39, 0.29) is 6.10 Å². The maximum Gasteiger partial charge on any atom is 0.119 e. The number of hydrogen-bond acceptors (Lipinski definition) is 2. The summed E-state index contributed by atoms with van der Waals surface area (Å²) in [5.74, 6) is 1.50. The highest BCUT2D eigenvalue weighted by Crippen LogP contribution is 2.18. The molecule has 0 unspecified atom stereocenters. The molecule has 2 heteroatoms. The predicted octanol–water partition coefficient (Wildman–Crippen LogP) is 4.51. The molecule has 20 heavy (non-hydrogen) atoms. The minimum atomic E-state index is 0.223. The van der Waals surface area contributed by atoms with Crippen molar-refractivity contribution in [1.29, 1.82) is 0 Å². The van der Waals surface area contributed by atoms with Crippen molar-refractivity contribution < 1.29 is 4.74 Å². The topological polar surface area (TPSA) is 21.3 Å². The van der Waals surface area contributed by atoms with Crippen molar-refractivity contribution in [2.75, 3.05) is 13.1 Å². The van der Waals surface area contributed by atoms with E-state index < -0.39 is 0 Å². The Bertz CT molecular complexity index is 404. The van der Waals surface area contributed by atoms with E-state index in [1.165, 1.54) is 17.6 Å². The van der Waals surface area contributed by atoms with Crippen LogP contribution in [0.5, 0.6) is 5.75 Å². The molecule has 0 atom stereocenters. The van der Waals surface area contributed by atoms with Gasteiger partial charge in [0, 0.05) is 6.54 Å². The van der Waals surface area contributed by atoms with Gasteiger partial charge in [0.25, 0.3) is 0 Å². The maximum atomic E-state index is 5.67. The number of hydrogen-bond donors (Lipinski definition) is 1. The van der Waals surface area contributed by atoms with Gasteiger partial charge in [0.15, 0.2) is 0 Å². The fourth-order valence-electron chi connectivity index (χ4n) is 1.96. The molecule has 0 amide bonds. The lowest BCUT2D eigenvalue weighted by atomic mass is 10.00. The minimum Gasteiger partial charge on any atom is -0.491 e. The Morgan fingerprint density at radius 3 is 2.30 bits per heavy atom. The summed E-state index contributed by atoms with van der Waals surface area (Å²) in [5, 5.41) is 3.48. The molecule has 1 aromatic rings. The van der Waals surface area contributed by atoms with Gasteiger partial charge in [-0.2, -0.15) is 0 Å². The van der Waals surface area contributed by atoms with E-state index in [0.29, 0.717) is 5.92 Å². The Morgan fingerprint density at radius 1 is 1.15 bits per heavy atom. The van der Waals surface area contributed by atoms with E-state index in [1.807, 2.05) is 26.0 Å². The normalized spacial score (nSPS) is 12.2. The Balaban J connectivity index is 2.72. The Labute approximate surface area is 124 Å². The van der Waals surface area contributed by atoms with Crippen molar-refractivity contribution >= 4 is 6.08 Å². The van der Waals surface area contributed by atoms with E-state index in [0.717, 1.165) is 18.8 Å². The van der Waals surface area contributed by atoms with Gasteiger partial charge in [0.1, 0.15) is 5.75 Å². The summed E-state index contributed by atoms with van der Waals surface area (Å²) < 4.78 is 5.67. The highest BCUT2D eigenvalue weighted by atomic mass is 16.5. The Hall–Kier alpha value is -1.28. The molecule has 0 radical (unpaired) electrons. The van der Waals surface area contributed by atoms with E-state index in [2.05, 4.69) is 44.3 Å². The van der Waals surface area contributed by atoms with Gasteiger partial charge in [-0.05, 0) is 50.4 Å². The van der Waals surface area contributed by atoms with Gasteiger partial charge in [-0.25, -0.2) is 0 Å². The summed E-state index contributed by atoms with van der Waals surface area (Å²) in [6, 6.07) is 8.34. The number of benzene rings is 1. The van der Waals surface area contributed by atoms with Crippen LogP contribution in [0.2, 0.25) is 0 Å². The lowest BCUT2D eigenvalue weighted by molar-refractivity contribution is 0.242. The molecular formula is C18H29NO. The Morgan fingerprint density at radius 2 is 1.80 bits per heavy atom. The minimum absolute atomic E-state index is 0.223. The zero-order chi connectivity index (χ0) is 15.0. The molecule has 0 heterocycles. The zero-order valence-corrected chi connectivity index (χ0v) is 13.6. The molecule has 0 aliphatic carbocycles. The fourth-order valence-corrected chi connectivity index (χ4v) is 1.96. The van der Waals surface area contributed by atoms with Crippen LogP contribution in [0.15, 0.2) is 29.8 Å². The average molecular weight is 275 g/mol. The highest BCUT2D eigenvalue weighted by Gasteiger charge is 2.03. The van der Waals surface area contributed by atoms with Crippen LogP contribution in [-0.2, 0) is 0 Å². The molecule has 1 N–H and O–H groups in total. The molecule has 0 spiro atoms. The fraction of sp³-hybridized carbons (Fsp3) is 0.556. The van der Waals surface area contributed by atoms with Crippen molar-refractivity contribution in [2.24, 2.45) is 5.92 Å². The smallest absolute Gasteiger partial charge is 0.119 e. The molecular weight excluding hydrogens is 246 g/mol. The van der Waals surface area contributed by atoms with Gasteiger partial charge in [0.05, 0.1) is 6.10 Å². The van der Waals surface area contributed by atoms with E-state index in [1.54, 1.807) is 0 Å². The summed E-state index contributed by atoms with van der Waals surface area (Å²) >= 11 is 0. The van der Waals surface area contributed by atoms with Crippen molar-refractivity contribution in [3.05, 3.63) is 35.4 Å². The first-order valence-electron chi connectivity index (χ1n) is 7.70. The second-order valence-electron chi connectivity index (χ2n) is 5.79. The first kappa shape index (κ1) is 16.8. The van der Waals surface area contributed by atoms with Crippen molar-refractivity contribution in [1.82, 2.24) is 5.32 Å². The van der Waals surface area contributed by atoms with Gasteiger partial charge in [-0.3, -0.25) is 0 Å². The van der Waals surface area contributed by atoms with Gasteiger partial charge in [0.2, 0.25) is 0 Å². The van der Waals surface area contributed by atoms with Gasteiger partial charge in [-0.15, -0.1) is 0 Å². The molecule has 0 aliphatic rings. The van der Waals surface area contributed by atoms with Crippen molar-refractivity contribution in [3.8, 4) is 5.75 Å². The second kappa shape index (κ2) is 8.80. The number of rotatable bonds is 8. The largest absolute Gasteiger partial charge is 0.491 e. The molecule has 0 saturated carbocycles. The highest BCUT2D eigenvalue weighted by molar-refractivity contribution is 5.54. The molecule has 112 valence electrons. The van der Waals surface area contributed by atoms with Gasteiger partial charge in [-0.1, -0.05) is 44.6 Å². The first-order valence-corrected chi connectivity index (χ1v) is 7.70. The zero-order valence-electron chi connectivity index (χ0n) is 13.6. The number of ether oxygens (including phenoxy) is 1. The Kier molecular flexibility index (Phi) is 7.38. The maximum absolute atomic E-state index is 5.67.